The first-order valence-electron chi connectivity index (χ1n) is 6.72. The van der Waals surface area contributed by atoms with Crippen LogP contribution in [0.5, 0.6) is 5.75 Å². The Morgan fingerprint density at radius 3 is 2.45 bits per heavy atom. The molecule has 2 N–H and O–H groups in total. The molecule has 2 rings (SSSR count). The molecule has 0 bridgehead atoms. The van der Waals surface area contributed by atoms with E-state index in [1.807, 2.05) is 6.07 Å². The van der Waals surface area contributed by atoms with Crippen molar-refractivity contribution in [1.82, 2.24) is 5.16 Å². The molecule has 0 atom stereocenters. The third kappa shape index (κ3) is 2.70. The monoisotopic (exact) mass is 274 g/mol. The second-order valence-electron chi connectivity index (χ2n) is 6.03. The van der Waals surface area contributed by atoms with Crippen LogP contribution in [-0.4, -0.2) is 12.3 Å². The summed E-state index contributed by atoms with van der Waals surface area (Å²) in [4.78, 5) is 0. The van der Waals surface area contributed by atoms with Crippen molar-refractivity contribution in [3.05, 3.63) is 35.0 Å². The maximum absolute atomic E-state index is 5.64. The van der Waals surface area contributed by atoms with E-state index in [1.54, 1.807) is 7.11 Å². The highest BCUT2D eigenvalue weighted by Crippen LogP contribution is 2.40. The third-order valence-electron chi connectivity index (χ3n) is 3.28. The molecule has 0 aliphatic heterocycles. The quantitative estimate of drug-likeness (QED) is 0.931. The predicted octanol–water partition coefficient (Wildman–Crippen LogP) is 3.41. The van der Waals surface area contributed by atoms with E-state index < -0.39 is 0 Å². The summed E-state index contributed by atoms with van der Waals surface area (Å²) >= 11 is 0. The van der Waals surface area contributed by atoms with Crippen molar-refractivity contribution < 1.29 is 9.26 Å². The molecule has 0 fully saturated rings. The van der Waals surface area contributed by atoms with E-state index in [0.717, 1.165) is 28.1 Å². The Hall–Kier alpha value is -1.81. The van der Waals surface area contributed by atoms with Gasteiger partial charge >= 0.3 is 0 Å². The fourth-order valence-electron chi connectivity index (χ4n) is 2.27. The molecule has 108 valence electrons. The van der Waals surface area contributed by atoms with Crippen LogP contribution in [0.25, 0.3) is 11.3 Å². The van der Waals surface area contributed by atoms with Gasteiger partial charge in [-0.2, -0.15) is 0 Å². The van der Waals surface area contributed by atoms with Gasteiger partial charge in [-0.15, -0.1) is 0 Å². The topological polar surface area (TPSA) is 61.3 Å². The maximum Gasteiger partial charge on any atom is 0.170 e. The molecular weight excluding hydrogens is 252 g/mol. The van der Waals surface area contributed by atoms with Crippen molar-refractivity contribution in [3.63, 3.8) is 0 Å². The van der Waals surface area contributed by atoms with Crippen LogP contribution in [0, 0.1) is 6.92 Å². The van der Waals surface area contributed by atoms with Gasteiger partial charge in [-0.25, -0.2) is 0 Å². The third-order valence-corrected chi connectivity index (χ3v) is 3.28. The van der Waals surface area contributed by atoms with Crippen LogP contribution < -0.4 is 10.5 Å². The van der Waals surface area contributed by atoms with Gasteiger partial charge in [0.2, 0.25) is 0 Å². The van der Waals surface area contributed by atoms with Crippen molar-refractivity contribution in [2.45, 2.75) is 39.7 Å². The lowest BCUT2D eigenvalue weighted by Crippen LogP contribution is -2.13. The van der Waals surface area contributed by atoms with E-state index in [9.17, 15) is 0 Å². The highest BCUT2D eigenvalue weighted by Gasteiger charge is 2.23. The summed E-state index contributed by atoms with van der Waals surface area (Å²) in [5.41, 5.74) is 9.55. The van der Waals surface area contributed by atoms with Crippen LogP contribution in [0.2, 0.25) is 0 Å². The van der Waals surface area contributed by atoms with E-state index in [1.165, 1.54) is 0 Å². The molecule has 0 saturated heterocycles. The van der Waals surface area contributed by atoms with Gasteiger partial charge < -0.3 is 15.0 Å². The van der Waals surface area contributed by atoms with Crippen molar-refractivity contribution in [1.29, 1.82) is 0 Å². The summed E-state index contributed by atoms with van der Waals surface area (Å²) in [6, 6.07) is 6.07. The van der Waals surface area contributed by atoms with E-state index in [0.29, 0.717) is 12.3 Å². The highest BCUT2D eigenvalue weighted by atomic mass is 16.5. The average Bonchev–Trinajstić information content (AvgIpc) is 2.85. The molecule has 20 heavy (non-hydrogen) atoms. The largest absolute Gasteiger partial charge is 0.496 e. The van der Waals surface area contributed by atoms with Gasteiger partial charge in [0.15, 0.2) is 5.76 Å². The number of aromatic nitrogens is 1. The molecular formula is C16H22N2O2. The van der Waals surface area contributed by atoms with Gasteiger partial charge in [0.25, 0.3) is 0 Å². The Kier molecular flexibility index (Phi) is 3.86. The Balaban J connectivity index is 2.66. The first kappa shape index (κ1) is 14.6. The summed E-state index contributed by atoms with van der Waals surface area (Å²) in [5.74, 6) is 1.53. The SMILES string of the molecule is COc1c(-c2cc(CN)no2)cc(C)cc1C(C)(C)C. The van der Waals surface area contributed by atoms with Gasteiger partial charge in [-0.05, 0) is 24.0 Å². The zero-order valence-electron chi connectivity index (χ0n) is 12.8. The number of benzene rings is 1. The molecule has 4 nitrogen and oxygen atoms in total. The Morgan fingerprint density at radius 1 is 1.25 bits per heavy atom. The molecule has 1 aromatic heterocycles. The van der Waals surface area contributed by atoms with Gasteiger partial charge in [0.1, 0.15) is 5.75 Å². The number of hydrogen-bond acceptors (Lipinski definition) is 4. The number of ether oxygens (including phenoxy) is 1. The predicted molar refractivity (Wildman–Crippen MR) is 79.8 cm³/mol. The molecule has 0 aliphatic carbocycles. The number of hydrogen-bond donors (Lipinski definition) is 1. The van der Waals surface area contributed by atoms with Crippen LogP contribution in [0.3, 0.4) is 0 Å². The van der Waals surface area contributed by atoms with Gasteiger partial charge in [0.05, 0.1) is 18.4 Å². The summed E-state index contributed by atoms with van der Waals surface area (Å²) in [6.45, 7) is 8.93. The van der Waals surface area contributed by atoms with E-state index in [4.69, 9.17) is 15.0 Å². The molecule has 0 amide bonds. The molecule has 0 spiro atoms. The Bertz CT molecular complexity index is 609. The molecule has 0 saturated carbocycles. The Morgan fingerprint density at radius 2 is 1.95 bits per heavy atom. The van der Waals surface area contributed by atoms with Gasteiger partial charge in [-0.1, -0.05) is 32.0 Å². The lowest BCUT2D eigenvalue weighted by Gasteiger charge is -2.24. The number of nitrogens with zero attached hydrogens (tertiary/aromatic N) is 1. The summed E-state index contributed by atoms with van der Waals surface area (Å²) in [7, 11) is 1.68. The molecule has 1 heterocycles. The van der Waals surface area contributed by atoms with Crippen LogP contribution in [0.1, 0.15) is 37.6 Å². The van der Waals surface area contributed by atoms with Crippen LogP contribution in [0.15, 0.2) is 22.7 Å². The lowest BCUT2D eigenvalue weighted by atomic mass is 9.84. The number of methoxy groups -OCH3 is 1. The lowest BCUT2D eigenvalue weighted by molar-refractivity contribution is 0.391. The van der Waals surface area contributed by atoms with Crippen molar-refractivity contribution in [3.8, 4) is 17.1 Å². The Labute approximate surface area is 119 Å². The minimum Gasteiger partial charge on any atom is -0.496 e. The van der Waals surface area contributed by atoms with E-state index in [-0.39, 0.29) is 5.41 Å². The normalized spacial score (nSPS) is 11.7. The molecule has 0 radical (unpaired) electrons. The smallest absolute Gasteiger partial charge is 0.170 e. The van der Waals surface area contributed by atoms with Gasteiger partial charge in [0, 0.05) is 18.2 Å². The minimum absolute atomic E-state index is 0.0111. The number of nitrogens with two attached hydrogens (primary N) is 1. The minimum atomic E-state index is -0.0111. The fourth-order valence-corrected chi connectivity index (χ4v) is 2.27. The molecule has 0 aliphatic rings. The fraction of sp³-hybridized carbons (Fsp3) is 0.438. The van der Waals surface area contributed by atoms with Crippen LogP contribution >= 0.6 is 0 Å². The summed E-state index contributed by atoms with van der Waals surface area (Å²) in [5, 5.41) is 3.95. The van der Waals surface area contributed by atoms with Crippen molar-refractivity contribution >= 4 is 0 Å². The second-order valence-corrected chi connectivity index (χ2v) is 6.03. The van der Waals surface area contributed by atoms with E-state index in [2.05, 4.69) is 45.0 Å². The molecule has 2 aromatic rings. The first-order valence-corrected chi connectivity index (χ1v) is 6.72. The van der Waals surface area contributed by atoms with Crippen LogP contribution in [0.4, 0.5) is 0 Å². The highest BCUT2D eigenvalue weighted by molar-refractivity contribution is 5.70. The first-order chi connectivity index (χ1) is 9.36. The maximum atomic E-state index is 5.64. The average molecular weight is 274 g/mol. The summed E-state index contributed by atoms with van der Waals surface area (Å²) < 4.78 is 11.0. The molecule has 0 unspecified atom stereocenters. The van der Waals surface area contributed by atoms with Crippen LogP contribution in [-0.2, 0) is 12.0 Å². The van der Waals surface area contributed by atoms with Gasteiger partial charge in [-0.3, -0.25) is 0 Å². The zero-order chi connectivity index (χ0) is 14.9. The van der Waals surface area contributed by atoms with E-state index >= 15 is 0 Å². The standard InChI is InChI=1S/C16H22N2O2/c1-10-6-12(14-8-11(9-17)18-20-14)15(19-5)13(7-10)16(2,3)4/h6-8H,9,17H2,1-5H3. The molecule has 1 aromatic carbocycles. The number of aryl methyl sites for hydroxylation is 1. The second kappa shape index (κ2) is 5.29. The van der Waals surface area contributed by atoms with Crippen molar-refractivity contribution in [2.24, 2.45) is 5.73 Å². The zero-order valence-corrected chi connectivity index (χ0v) is 12.8. The molecule has 4 heteroatoms. The number of rotatable bonds is 3. The summed E-state index contributed by atoms with van der Waals surface area (Å²) in [6.07, 6.45) is 0. The van der Waals surface area contributed by atoms with Crippen molar-refractivity contribution in [2.75, 3.05) is 7.11 Å².